The molecule has 2 rings (SSSR count). The minimum atomic E-state index is 0.671. The molecule has 0 spiro atoms. The zero-order valence-electron chi connectivity index (χ0n) is 6.92. The topological polar surface area (TPSA) is 52.0 Å². The number of benzene rings is 2. The average molecular weight is 193 g/mol. The summed E-state index contributed by atoms with van der Waals surface area (Å²) in [6.45, 7) is 0. The molecule has 0 radical (unpaired) electrons. The van der Waals surface area contributed by atoms with Crippen LogP contribution >= 0.6 is 11.6 Å². The molecule has 2 aromatic rings. The van der Waals surface area contributed by atoms with Gasteiger partial charge in [-0.05, 0) is 24.3 Å². The van der Waals surface area contributed by atoms with Gasteiger partial charge >= 0.3 is 0 Å². The largest absolute Gasteiger partial charge is 0.398 e. The molecule has 4 N–H and O–H groups in total. The summed E-state index contributed by atoms with van der Waals surface area (Å²) >= 11 is 5.85. The van der Waals surface area contributed by atoms with Gasteiger partial charge < -0.3 is 11.5 Å². The van der Waals surface area contributed by atoms with Crippen LogP contribution in [0.15, 0.2) is 30.3 Å². The van der Waals surface area contributed by atoms with Crippen LogP contribution < -0.4 is 11.5 Å². The number of rotatable bonds is 0. The summed E-state index contributed by atoms with van der Waals surface area (Å²) < 4.78 is 0. The molecule has 0 aliphatic heterocycles. The van der Waals surface area contributed by atoms with E-state index in [1.165, 1.54) is 0 Å². The third-order valence-corrected chi connectivity index (χ3v) is 2.28. The molecule has 0 aromatic heterocycles. The zero-order chi connectivity index (χ0) is 9.42. The van der Waals surface area contributed by atoms with E-state index in [-0.39, 0.29) is 0 Å². The lowest BCUT2D eigenvalue weighted by atomic mass is 10.1. The molecule has 3 heteroatoms. The predicted molar refractivity (Wildman–Crippen MR) is 57.8 cm³/mol. The lowest BCUT2D eigenvalue weighted by Gasteiger charge is -2.04. The van der Waals surface area contributed by atoms with Gasteiger partial charge in [-0.1, -0.05) is 17.7 Å². The maximum absolute atomic E-state index is 5.85. The van der Waals surface area contributed by atoms with Crippen molar-refractivity contribution in [2.45, 2.75) is 0 Å². The molecule has 2 aromatic carbocycles. The maximum Gasteiger partial charge on any atom is 0.0413 e. The van der Waals surface area contributed by atoms with Crippen LogP contribution in [0.2, 0.25) is 5.02 Å². The Hall–Kier alpha value is -1.41. The standard InChI is InChI=1S/C10H9ClN2/c11-6-1-2-7-8(5-6)10(13)4-3-9(7)12/h1-5H,12-13H2. The van der Waals surface area contributed by atoms with E-state index in [0.717, 1.165) is 16.5 Å². The lowest BCUT2D eigenvalue weighted by molar-refractivity contribution is 1.71. The van der Waals surface area contributed by atoms with E-state index in [0.29, 0.717) is 10.7 Å². The fourth-order valence-corrected chi connectivity index (χ4v) is 1.54. The Labute approximate surface area is 81.1 Å². The Kier molecular flexibility index (Phi) is 1.78. The fraction of sp³-hybridized carbons (Fsp3) is 0. The molecule has 13 heavy (non-hydrogen) atoms. The van der Waals surface area contributed by atoms with Gasteiger partial charge in [0.05, 0.1) is 0 Å². The van der Waals surface area contributed by atoms with Gasteiger partial charge in [0.25, 0.3) is 0 Å². The first-order chi connectivity index (χ1) is 6.18. The second-order valence-corrected chi connectivity index (χ2v) is 3.37. The van der Waals surface area contributed by atoms with Gasteiger partial charge in [-0.15, -0.1) is 0 Å². The molecule has 0 saturated carbocycles. The molecule has 66 valence electrons. The van der Waals surface area contributed by atoms with Crippen LogP contribution in [0, 0.1) is 0 Å². The van der Waals surface area contributed by atoms with Gasteiger partial charge in [0.15, 0.2) is 0 Å². The summed E-state index contributed by atoms with van der Waals surface area (Å²) in [7, 11) is 0. The quantitative estimate of drug-likeness (QED) is 0.631. The predicted octanol–water partition coefficient (Wildman–Crippen LogP) is 2.66. The van der Waals surface area contributed by atoms with Crippen LogP contribution in [-0.4, -0.2) is 0 Å². The van der Waals surface area contributed by atoms with E-state index in [1.54, 1.807) is 18.2 Å². The van der Waals surface area contributed by atoms with Crippen LogP contribution in [0.3, 0.4) is 0 Å². The Morgan fingerprint density at radius 3 is 2.15 bits per heavy atom. The average Bonchev–Trinajstić information content (AvgIpc) is 2.12. The molecule has 0 aliphatic rings. The fourth-order valence-electron chi connectivity index (χ4n) is 1.37. The highest BCUT2D eigenvalue weighted by molar-refractivity contribution is 6.31. The van der Waals surface area contributed by atoms with Crippen molar-refractivity contribution in [2.75, 3.05) is 11.5 Å². The minimum Gasteiger partial charge on any atom is -0.398 e. The van der Waals surface area contributed by atoms with Crippen molar-refractivity contribution in [3.63, 3.8) is 0 Å². The van der Waals surface area contributed by atoms with Gasteiger partial charge in [-0.3, -0.25) is 0 Å². The van der Waals surface area contributed by atoms with E-state index in [1.807, 2.05) is 12.1 Å². The van der Waals surface area contributed by atoms with E-state index in [9.17, 15) is 0 Å². The smallest absolute Gasteiger partial charge is 0.0413 e. The first-order valence-electron chi connectivity index (χ1n) is 3.92. The van der Waals surface area contributed by atoms with Gasteiger partial charge in [0.1, 0.15) is 0 Å². The van der Waals surface area contributed by atoms with Crippen molar-refractivity contribution in [3.8, 4) is 0 Å². The highest BCUT2D eigenvalue weighted by atomic mass is 35.5. The van der Waals surface area contributed by atoms with Crippen molar-refractivity contribution in [2.24, 2.45) is 0 Å². The van der Waals surface area contributed by atoms with E-state index in [4.69, 9.17) is 23.1 Å². The summed E-state index contributed by atoms with van der Waals surface area (Å²) in [5.74, 6) is 0. The Morgan fingerprint density at radius 1 is 0.846 bits per heavy atom. The first kappa shape index (κ1) is 8.20. The lowest BCUT2D eigenvalue weighted by Crippen LogP contribution is -1.91. The van der Waals surface area contributed by atoms with Gasteiger partial charge in [0.2, 0.25) is 0 Å². The SMILES string of the molecule is Nc1ccc(N)c2cc(Cl)ccc12. The van der Waals surface area contributed by atoms with E-state index in [2.05, 4.69) is 0 Å². The number of halogens is 1. The summed E-state index contributed by atoms with van der Waals surface area (Å²) in [6, 6.07) is 9.09. The molecule has 0 atom stereocenters. The monoisotopic (exact) mass is 192 g/mol. The molecule has 2 nitrogen and oxygen atoms in total. The van der Waals surface area contributed by atoms with Crippen molar-refractivity contribution >= 4 is 33.7 Å². The molecule has 0 heterocycles. The molecule has 0 fully saturated rings. The van der Waals surface area contributed by atoms with Gasteiger partial charge in [0, 0.05) is 27.2 Å². The van der Waals surface area contributed by atoms with Gasteiger partial charge in [-0.2, -0.15) is 0 Å². The molecule has 0 aliphatic carbocycles. The van der Waals surface area contributed by atoms with Gasteiger partial charge in [-0.25, -0.2) is 0 Å². The van der Waals surface area contributed by atoms with Crippen molar-refractivity contribution in [3.05, 3.63) is 35.4 Å². The number of hydrogen-bond acceptors (Lipinski definition) is 2. The normalized spacial score (nSPS) is 10.5. The molecular formula is C10H9ClN2. The van der Waals surface area contributed by atoms with Crippen LogP contribution in [0.4, 0.5) is 11.4 Å². The summed E-state index contributed by atoms with van der Waals surface area (Å²) in [5.41, 5.74) is 13.0. The van der Waals surface area contributed by atoms with Crippen LogP contribution in [0.1, 0.15) is 0 Å². The number of nitrogens with two attached hydrogens (primary N) is 2. The third-order valence-electron chi connectivity index (χ3n) is 2.05. The van der Waals surface area contributed by atoms with Crippen molar-refractivity contribution in [1.82, 2.24) is 0 Å². The van der Waals surface area contributed by atoms with Crippen molar-refractivity contribution < 1.29 is 0 Å². The van der Waals surface area contributed by atoms with Crippen LogP contribution in [-0.2, 0) is 0 Å². The van der Waals surface area contributed by atoms with Crippen LogP contribution in [0.25, 0.3) is 10.8 Å². The summed E-state index contributed by atoms with van der Waals surface area (Å²) in [6.07, 6.45) is 0. The second kappa shape index (κ2) is 2.82. The van der Waals surface area contributed by atoms with Crippen molar-refractivity contribution in [1.29, 1.82) is 0 Å². The van der Waals surface area contributed by atoms with E-state index >= 15 is 0 Å². The van der Waals surface area contributed by atoms with Crippen LogP contribution in [0.5, 0.6) is 0 Å². The summed E-state index contributed by atoms with van der Waals surface area (Å²) in [4.78, 5) is 0. The number of nitrogen functional groups attached to an aromatic ring is 2. The molecule has 0 unspecified atom stereocenters. The molecule has 0 bridgehead atoms. The number of anilines is 2. The number of fused-ring (bicyclic) bond motifs is 1. The Bertz CT molecular complexity index is 466. The minimum absolute atomic E-state index is 0.671. The molecular weight excluding hydrogens is 184 g/mol. The van der Waals surface area contributed by atoms with E-state index < -0.39 is 0 Å². The highest BCUT2D eigenvalue weighted by Gasteiger charge is 2.01. The Morgan fingerprint density at radius 2 is 1.46 bits per heavy atom. The molecule has 0 saturated heterocycles. The third kappa shape index (κ3) is 1.29. The number of hydrogen-bond donors (Lipinski definition) is 2. The maximum atomic E-state index is 5.85. The Balaban J connectivity index is 2.92. The molecule has 0 amide bonds. The second-order valence-electron chi connectivity index (χ2n) is 2.93. The first-order valence-corrected chi connectivity index (χ1v) is 4.29. The zero-order valence-corrected chi connectivity index (χ0v) is 7.68. The summed E-state index contributed by atoms with van der Waals surface area (Å²) in [5, 5.41) is 2.53. The highest BCUT2D eigenvalue weighted by Crippen LogP contribution is 2.28.